The first-order chi connectivity index (χ1) is 9.01. The zero-order chi connectivity index (χ0) is 14.0. The average Bonchev–Trinajstić information content (AvgIpc) is 2.94. The van der Waals surface area contributed by atoms with Crippen LogP contribution in [-0.2, 0) is 4.79 Å². The fraction of sp³-hybridized carbons (Fsp3) is 0.385. The minimum atomic E-state index is -0.0785. The van der Waals surface area contributed by atoms with E-state index in [1.165, 1.54) is 23.1 Å². The molecular formula is C13H16N2O2S2. The molecule has 0 bridgehead atoms. The molecule has 0 aliphatic carbocycles. The van der Waals surface area contributed by atoms with Gasteiger partial charge in [-0.3, -0.25) is 4.79 Å². The van der Waals surface area contributed by atoms with Gasteiger partial charge >= 0.3 is 0 Å². The highest BCUT2D eigenvalue weighted by molar-refractivity contribution is 7.99. The highest BCUT2D eigenvalue weighted by atomic mass is 32.2. The van der Waals surface area contributed by atoms with Gasteiger partial charge in [0.05, 0.1) is 10.9 Å². The van der Waals surface area contributed by atoms with Gasteiger partial charge in [0.1, 0.15) is 11.5 Å². The summed E-state index contributed by atoms with van der Waals surface area (Å²) in [6.07, 6.45) is 1.91. The van der Waals surface area contributed by atoms with Gasteiger partial charge in [-0.05, 0) is 33.1 Å². The van der Waals surface area contributed by atoms with Crippen LogP contribution < -0.4 is 5.32 Å². The molecule has 0 aliphatic rings. The van der Waals surface area contributed by atoms with Gasteiger partial charge in [-0.25, -0.2) is 4.98 Å². The highest BCUT2D eigenvalue weighted by Crippen LogP contribution is 2.29. The molecule has 1 unspecified atom stereocenters. The van der Waals surface area contributed by atoms with Crippen molar-refractivity contribution in [3.63, 3.8) is 0 Å². The number of nitrogens with zero attached hydrogens (tertiary/aromatic N) is 1. The van der Waals surface area contributed by atoms with Crippen molar-refractivity contribution in [2.45, 2.75) is 26.0 Å². The van der Waals surface area contributed by atoms with Crippen LogP contribution in [-0.4, -0.2) is 22.4 Å². The number of carbonyl (C=O) groups is 1. The normalized spacial score (nSPS) is 12.4. The third-order valence-corrected chi connectivity index (χ3v) is 4.45. The summed E-state index contributed by atoms with van der Waals surface area (Å²) < 4.78 is 5.49. The molecule has 0 saturated heterocycles. The van der Waals surface area contributed by atoms with E-state index < -0.39 is 0 Å². The Bertz CT molecular complexity index is 589. The van der Waals surface area contributed by atoms with Crippen LogP contribution in [0.25, 0.3) is 11.3 Å². The van der Waals surface area contributed by atoms with E-state index in [0.29, 0.717) is 5.13 Å². The van der Waals surface area contributed by atoms with E-state index in [1.54, 1.807) is 0 Å². The first-order valence-electron chi connectivity index (χ1n) is 5.88. The largest absolute Gasteiger partial charge is 0.466 e. The smallest absolute Gasteiger partial charge is 0.238 e. The van der Waals surface area contributed by atoms with Crippen molar-refractivity contribution in [3.05, 3.63) is 23.0 Å². The van der Waals surface area contributed by atoms with Crippen molar-refractivity contribution >= 4 is 34.1 Å². The topological polar surface area (TPSA) is 55.1 Å². The first-order valence-corrected chi connectivity index (χ1v) is 8.04. The summed E-state index contributed by atoms with van der Waals surface area (Å²) in [4.78, 5) is 16.2. The molecule has 2 aromatic rings. The van der Waals surface area contributed by atoms with Crippen molar-refractivity contribution in [1.82, 2.24) is 4.98 Å². The van der Waals surface area contributed by atoms with E-state index in [0.717, 1.165) is 22.8 Å². The summed E-state index contributed by atoms with van der Waals surface area (Å²) >= 11 is 2.94. The minimum Gasteiger partial charge on any atom is -0.466 e. The molecule has 102 valence electrons. The molecule has 19 heavy (non-hydrogen) atoms. The SMILES string of the molecule is CSC(C)C(=O)Nc1nc(-c2cc(C)oc2C)cs1. The Balaban J connectivity index is 2.16. The van der Waals surface area contributed by atoms with Gasteiger partial charge in [-0.15, -0.1) is 11.3 Å². The molecule has 4 nitrogen and oxygen atoms in total. The molecule has 0 aromatic carbocycles. The fourth-order valence-corrected chi connectivity index (χ4v) is 2.64. The van der Waals surface area contributed by atoms with Crippen LogP contribution in [0, 0.1) is 13.8 Å². The number of thioether (sulfide) groups is 1. The number of anilines is 1. The van der Waals surface area contributed by atoms with E-state index in [-0.39, 0.29) is 11.2 Å². The lowest BCUT2D eigenvalue weighted by Crippen LogP contribution is -2.21. The van der Waals surface area contributed by atoms with Crippen LogP contribution >= 0.6 is 23.1 Å². The van der Waals surface area contributed by atoms with Crippen LogP contribution in [0.15, 0.2) is 15.9 Å². The standard InChI is InChI=1S/C13H16N2O2S2/c1-7-5-10(8(2)17-7)11-6-19-13(14-11)15-12(16)9(3)18-4/h5-6,9H,1-4H3,(H,14,15,16). The van der Waals surface area contributed by atoms with Gasteiger partial charge in [0, 0.05) is 10.9 Å². The van der Waals surface area contributed by atoms with Crippen LogP contribution in [0.1, 0.15) is 18.4 Å². The second-order valence-electron chi connectivity index (χ2n) is 4.23. The number of furan rings is 1. The lowest BCUT2D eigenvalue weighted by atomic mass is 10.2. The molecule has 0 fully saturated rings. The van der Waals surface area contributed by atoms with Gasteiger partial charge in [0.25, 0.3) is 0 Å². The number of aromatic nitrogens is 1. The first kappa shape index (κ1) is 14.1. The Hall–Kier alpha value is -1.27. The summed E-state index contributed by atoms with van der Waals surface area (Å²) in [7, 11) is 0. The van der Waals surface area contributed by atoms with Crippen molar-refractivity contribution in [2.24, 2.45) is 0 Å². The van der Waals surface area contributed by atoms with Crippen molar-refractivity contribution in [2.75, 3.05) is 11.6 Å². The number of carbonyl (C=O) groups excluding carboxylic acids is 1. The molecule has 0 spiro atoms. The molecule has 1 atom stereocenters. The van der Waals surface area contributed by atoms with Crippen LogP contribution in [0.5, 0.6) is 0 Å². The van der Waals surface area contributed by atoms with Crippen LogP contribution in [0.2, 0.25) is 0 Å². The third kappa shape index (κ3) is 3.19. The maximum atomic E-state index is 11.8. The number of amides is 1. The Morgan fingerprint density at radius 3 is 2.84 bits per heavy atom. The molecule has 6 heteroatoms. The van der Waals surface area contributed by atoms with E-state index >= 15 is 0 Å². The lowest BCUT2D eigenvalue weighted by Gasteiger charge is -2.06. The highest BCUT2D eigenvalue weighted by Gasteiger charge is 2.15. The van der Waals surface area contributed by atoms with Gasteiger partial charge in [-0.2, -0.15) is 11.8 Å². The van der Waals surface area contributed by atoms with Crippen LogP contribution in [0.4, 0.5) is 5.13 Å². The molecular weight excluding hydrogens is 280 g/mol. The second-order valence-corrected chi connectivity index (χ2v) is 6.27. The number of nitrogens with one attached hydrogen (secondary N) is 1. The molecule has 2 aromatic heterocycles. The van der Waals surface area contributed by atoms with E-state index in [2.05, 4.69) is 10.3 Å². The number of rotatable bonds is 4. The summed E-state index contributed by atoms with van der Waals surface area (Å²) in [5.74, 6) is 1.69. The Morgan fingerprint density at radius 1 is 1.53 bits per heavy atom. The molecule has 1 amide bonds. The van der Waals surface area contributed by atoms with E-state index in [9.17, 15) is 4.79 Å². The zero-order valence-electron chi connectivity index (χ0n) is 11.3. The summed E-state index contributed by atoms with van der Waals surface area (Å²) in [5.41, 5.74) is 1.82. The average molecular weight is 296 g/mol. The fourth-order valence-electron chi connectivity index (χ4n) is 1.65. The number of thiazole rings is 1. The van der Waals surface area contributed by atoms with E-state index in [4.69, 9.17) is 4.42 Å². The number of aryl methyl sites for hydroxylation is 2. The third-order valence-electron chi connectivity index (χ3n) is 2.77. The van der Waals surface area contributed by atoms with Gasteiger partial charge in [0.2, 0.25) is 5.91 Å². The lowest BCUT2D eigenvalue weighted by molar-refractivity contribution is -0.115. The molecule has 2 heterocycles. The molecule has 0 radical (unpaired) electrons. The molecule has 2 rings (SSSR count). The Kier molecular flexibility index (Phi) is 4.31. The number of hydrogen-bond donors (Lipinski definition) is 1. The Labute approximate surface area is 120 Å². The summed E-state index contributed by atoms with van der Waals surface area (Å²) in [6, 6.07) is 1.96. The van der Waals surface area contributed by atoms with Gasteiger partial charge < -0.3 is 9.73 Å². The maximum Gasteiger partial charge on any atom is 0.238 e. The monoisotopic (exact) mass is 296 g/mol. The van der Waals surface area contributed by atoms with Crippen molar-refractivity contribution in [3.8, 4) is 11.3 Å². The van der Waals surface area contributed by atoms with E-state index in [1.807, 2.05) is 38.5 Å². The maximum absolute atomic E-state index is 11.8. The summed E-state index contributed by atoms with van der Waals surface area (Å²) in [5, 5.41) is 5.30. The van der Waals surface area contributed by atoms with Crippen LogP contribution in [0.3, 0.4) is 0 Å². The van der Waals surface area contributed by atoms with Gasteiger partial charge in [-0.1, -0.05) is 0 Å². The van der Waals surface area contributed by atoms with Crippen molar-refractivity contribution in [1.29, 1.82) is 0 Å². The van der Waals surface area contributed by atoms with Gasteiger partial charge in [0.15, 0.2) is 5.13 Å². The van der Waals surface area contributed by atoms with Crippen molar-refractivity contribution < 1.29 is 9.21 Å². The molecule has 0 saturated carbocycles. The minimum absolute atomic E-state index is 0.0199. The number of hydrogen-bond acceptors (Lipinski definition) is 5. The predicted molar refractivity (Wildman–Crippen MR) is 80.9 cm³/mol. The second kappa shape index (κ2) is 5.79. The molecule has 0 aliphatic heterocycles. The predicted octanol–water partition coefficient (Wildman–Crippen LogP) is 3.71. The summed E-state index contributed by atoms with van der Waals surface area (Å²) in [6.45, 7) is 5.69. The zero-order valence-corrected chi connectivity index (χ0v) is 12.9. The molecule has 1 N–H and O–H groups in total. The Morgan fingerprint density at radius 2 is 2.26 bits per heavy atom. The quantitative estimate of drug-likeness (QED) is 0.934.